The second-order valence-corrected chi connectivity index (χ2v) is 6.34. The van der Waals surface area contributed by atoms with Crippen molar-refractivity contribution in [1.29, 1.82) is 0 Å². The average molecular weight is 307 g/mol. The summed E-state index contributed by atoms with van der Waals surface area (Å²) in [5, 5.41) is 8.07. The van der Waals surface area contributed by atoms with Crippen LogP contribution in [0.25, 0.3) is 0 Å². The standard InChI is InChI=1S/C15H25N5S/c1-6-7-16-8-13-11(2)18-20(5)15(13)19(4)9-14-12(3)17-10-21-14/h10,16H,6-9H2,1-5H3. The number of hydrogen-bond donors (Lipinski definition) is 1. The second kappa shape index (κ2) is 7.04. The number of nitrogens with zero attached hydrogens (tertiary/aromatic N) is 4. The molecule has 0 amide bonds. The van der Waals surface area contributed by atoms with Crippen LogP contribution in [0.5, 0.6) is 0 Å². The molecule has 0 spiro atoms. The highest BCUT2D eigenvalue weighted by atomic mass is 32.1. The van der Waals surface area contributed by atoms with Crippen molar-refractivity contribution < 1.29 is 0 Å². The van der Waals surface area contributed by atoms with Crippen LogP contribution in [0.15, 0.2) is 5.51 Å². The van der Waals surface area contributed by atoms with Gasteiger partial charge < -0.3 is 10.2 Å². The summed E-state index contributed by atoms with van der Waals surface area (Å²) in [6, 6.07) is 0. The summed E-state index contributed by atoms with van der Waals surface area (Å²) >= 11 is 1.71. The zero-order valence-electron chi connectivity index (χ0n) is 13.6. The van der Waals surface area contributed by atoms with Crippen LogP contribution in [-0.4, -0.2) is 28.4 Å². The molecule has 0 fully saturated rings. The summed E-state index contributed by atoms with van der Waals surface area (Å²) in [6.07, 6.45) is 1.14. The number of anilines is 1. The summed E-state index contributed by atoms with van der Waals surface area (Å²) in [5.41, 5.74) is 5.42. The zero-order chi connectivity index (χ0) is 15.4. The molecule has 0 aliphatic carbocycles. The lowest BCUT2D eigenvalue weighted by Crippen LogP contribution is -2.22. The molecular weight excluding hydrogens is 282 g/mol. The minimum Gasteiger partial charge on any atom is -0.354 e. The van der Waals surface area contributed by atoms with Gasteiger partial charge in [-0.05, 0) is 26.8 Å². The molecule has 0 saturated carbocycles. The zero-order valence-corrected chi connectivity index (χ0v) is 14.4. The second-order valence-electron chi connectivity index (χ2n) is 5.40. The van der Waals surface area contributed by atoms with Crippen molar-refractivity contribution in [1.82, 2.24) is 20.1 Å². The Morgan fingerprint density at radius 2 is 2.10 bits per heavy atom. The first-order valence-electron chi connectivity index (χ1n) is 7.37. The van der Waals surface area contributed by atoms with Crippen LogP contribution in [0, 0.1) is 13.8 Å². The highest BCUT2D eigenvalue weighted by Gasteiger charge is 2.17. The molecule has 0 unspecified atom stereocenters. The molecule has 6 heteroatoms. The lowest BCUT2D eigenvalue weighted by Gasteiger charge is -2.21. The quantitative estimate of drug-likeness (QED) is 0.799. The molecule has 21 heavy (non-hydrogen) atoms. The van der Waals surface area contributed by atoms with E-state index < -0.39 is 0 Å². The average Bonchev–Trinajstić information content (AvgIpc) is 2.94. The van der Waals surface area contributed by atoms with Gasteiger partial charge in [0.05, 0.1) is 23.4 Å². The molecule has 2 heterocycles. The van der Waals surface area contributed by atoms with E-state index in [0.29, 0.717) is 0 Å². The summed E-state index contributed by atoms with van der Waals surface area (Å²) in [6.45, 7) is 9.11. The van der Waals surface area contributed by atoms with Crippen molar-refractivity contribution in [3.8, 4) is 0 Å². The van der Waals surface area contributed by atoms with Crippen LogP contribution in [0.1, 0.15) is 35.2 Å². The molecule has 2 aromatic heterocycles. The van der Waals surface area contributed by atoms with Gasteiger partial charge in [-0.3, -0.25) is 4.68 Å². The maximum atomic E-state index is 4.59. The number of thiazole rings is 1. The lowest BCUT2D eigenvalue weighted by atomic mass is 10.2. The van der Waals surface area contributed by atoms with Gasteiger partial charge in [-0.2, -0.15) is 5.10 Å². The van der Waals surface area contributed by atoms with Crippen LogP contribution in [0.2, 0.25) is 0 Å². The van der Waals surface area contributed by atoms with Crippen molar-refractivity contribution in [3.05, 3.63) is 27.3 Å². The largest absolute Gasteiger partial charge is 0.354 e. The van der Waals surface area contributed by atoms with E-state index in [1.807, 2.05) is 17.2 Å². The Kier molecular flexibility index (Phi) is 5.36. The number of rotatable bonds is 7. The predicted octanol–water partition coefficient (Wildman–Crippen LogP) is 2.63. The third-order valence-corrected chi connectivity index (χ3v) is 4.55. The molecular formula is C15H25N5S. The smallest absolute Gasteiger partial charge is 0.131 e. The molecule has 5 nitrogen and oxygen atoms in total. The number of hydrogen-bond acceptors (Lipinski definition) is 5. The molecule has 0 bridgehead atoms. The van der Waals surface area contributed by atoms with E-state index in [1.54, 1.807) is 11.3 Å². The van der Waals surface area contributed by atoms with Crippen molar-refractivity contribution in [2.75, 3.05) is 18.5 Å². The lowest BCUT2D eigenvalue weighted by molar-refractivity contribution is 0.670. The van der Waals surface area contributed by atoms with E-state index >= 15 is 0 Å². The fraction of sp³-hybridized carbons (Fsp3) is 0.600. The van der Waals surface area contributed by atoms with Gasteiger partial charge >= 0.3 is 0 Å². The molecule has 0 saturated heterocycles. The van der Waals surface area contributed by atoms with Gasteiger partial charge in [0.1, 0.15) is 5.82 Å². The molecule has 2 aromatic rings. The van der Waals surface area contributed by atoms with E-state index in [1.165, 1.54) is 16.3 Å². The summed E-state index contributed by atoms with van der Waals surface area (Å²) in [7, 11) is 4.14. The maximum Gasteiger partial charge on any atom is 0.131 e. The molecule has 0 radical (unpaired) electrons. The molecule has 0 aliphatic heterocycles. The first-order valence-corrected chi connectivity index (χ1v) is 8.25. The van der Waals surface area contributed by atoms with Crippen molar-refractivity contribution in [2.45, 2.75) is 40.3 Å². The van der Waals surface area contributed by atoms with E-state index in [-0.39, 0.29) is 0 Å². The normalized spacial score (nSPS) is 11.1. The fourth-order valence-electron chi connectivity index (χ4n) is 2.53. The van der Waals surface area contributed by atoms with Gasteiger partial charge in [0.25, 0.3) is 0 Å². The van der Waals surface area contributed by atoms with Crippen LogP contribution in [0.3, 0.4) is 0 Å². The third-order valence-electron chi connectivity index (χ3n) is 3.63. The summed E-state index contributed by atoms with van der Waals surface area (Å²) in [5.74, 6) is 1.18. The minimum atomic E-state index is 0.870. The Balaban J connectivity index is 2.19. The van der Waals surface area contributed by atoms with Gasteiger partial charge in [0, 0.05) is 31.1 Å². The van der Waals surface area contributed by atoms with Crippen molar-refractivity contribution in [2.24, 2.45) is 7.05 Å². The Labute approximate surface area is 131 Å². The monoisotopic (exact) mass is 307 g/mol. The van der Waals surface area contributed by atoms with E-state index in [2.05, 4.69) is 48.1 Å². The number of aryl methyl sites for hydroxylation is 3. The van der Waals surface area contributed by atoms with E-state index in [9.17, 15) is 0 Å². The topological polar surface area (TPSA) is 46.0 Å². The van der Waals surface area contributed by atoms with Crippen LogP contribution in [0.4, 0.5) is 5.82 Å². The van der Waals surface area contributed by atoms with Crippen molar-refractivity contribution in [3.63, 3.8) is 0 Å². The number of aromatic nitrogens is 3. The predicted molar refractivity (Wildman–Crippen MR) is 88.9 cm³/mol. The highest BCUT2D eigenvalue weighted by Crippen LogP contribution is 2.25. The Morgan fingerprint density at radius 1 is 1.33 bits per heavy atom. The van der Waals surface area contributed by atoms with Crippen LogP contribution >= 0.6 is 11.3 Å². The SMILES string of the molecule is CCCNCc1c(C)nn(C)c1N(C)Cc1scnc1C. The molecule has 2 rings (SSSR count). The highest BCUT2D eigenvalue weighted by molar-refractivity contribution is 7.09. The first kappa shape index (κ1) is 16.0. The molecule has 0 aromatic carbocycles. The van der Waals surface area contributed by atoms with Gasteiger partial charge in [0.15, 0.2) is 0 Å². The Hall–Kier alpha value is -1.40. The van der Waals surface area contributed by atoms with Gasteiger partial charge in [-0.15, -0.1) is 11.3 Å². The Morgan fingerprint density at radius 3 is 2.71 bits per heavy atom. The summed E-state index contributed by atoms with van der Waals surface area (Å²) < 4.78 is 1.98. The van der Waals surface area contributed by atoms with E-state index in [4.69, 9.17) is 0 Å². The fourth-order valence-corrected chi connectivity index (χ4v) is 3.36. The Bertz CT molecular complexity index is 587. The molecule has 116 valence electrons. The molecule has 0 atom stereocenters. The first-order chi connectivity index (χ1) is 10.0. The molecule has 1 N–H and O–H groups in total. The van der Waals surface area contributed by atoms with Crippen LogP contribution in [-0.2, 0) is 20.1 Å². The van der Waals surface area contributed by atoms with Crippen molar-refractivity contribution >= 4 is 17.2 Å². The van der Waals surface area contributed by atoms with Gasteiger partial charge in [-0.1, -0.05) is 6.92 Å². The number of nitrogens with one attached hydrogen (secondary N) is 1. The van der Waals surface area contributed by atoms with E-state index in [0.717, 1.165) is 37.4 Å². The molecule has 0 aliphatic rings. The summed E-state index contributed by atoms with van der Waals surface area (Å²) in [4.78, 5) is 7.91. The third kappa shape index (κ3) is 3.63. The van der Waals surface area contributed by atoms with Gasteiger partial charge in [-0.25, -0.2) is 4.98 Å². The van der Waals surface area contributed by atoms with Crippen LogP contribution < -0.4 is 10.2 Å². The minimum absolute atomic E-state index is 0.870. The maximum absolute atomic E-state index is 4.59. The van der Waals surface area contributed by atoms with Gasteiger partial charge in [0.2, 0.25) is 0 Å².